The van der Waals surface area contributed by atoms with Crippen molar-refractivity contribution in [3.05, 3.63) is 72.1 Å². The van der Waals surface area contributed by atoms with Crippen LogP contribution < -0.4 is 4.90 Å². The molecule has 5 rings (SSSR count). The topological polar surface area (TPSA) is 75.5 Å². The van der Waals surface area contributed by atoms with Gasteiger partial charge in [0.2, 0.25) is 0 Å². The highest BCUT2D eigenvalue weighted by molar-refractivity contribution is 5.79. The summed E-state index contributed by atoms with van der Waals surface area (Å²) in [6, 6.07) is 8.28. The van der Waals surface area contributed by atoms with Gasteiger partial charge >= 0.3 is 0 Å². The third kappa shape index (κ3) is 2.67. The molecule has 4 aromatic rings. The number of aromatic nitrogens is 6. The zero-order chi connectivity index (χ0) is 19.3. The van der Waals surface area contributed by atoms with Crippen LogP contribution in [0, 0.1) is 20.0 Å². The molecule has 1 aliphatic rings. The van der Waals surface area contributed by atoms with Crippen LogP contribution in [-0.2, 0) is 0 Å². The fourth-order valence-electron chi connectivity index (χ4n) is 3.84. The number of nitrogens with zero attached hydrogens (tertiary/aromatic N) is 6. The zero-order valence-electron chi connectivity index (χ0n) is 15.8. The van der Waals surface area contributed by atoms with Crippen molar-refractivity contribution in [2.24, 2.45) is 0 Å². The largest absolute Gasteiger partial charge is 0.355 e. The maximum atomic E-state index is 4.88. The number of para-hydroxylation sites is 1. The van der Waals surface area contributed by atoms with E-state index in [1.807, 2.05) is 19.1 Å². The Morgan fingerprint density at radius 3 is 2.82 bits per heavy atom. The number of aromatic amines is 1. The van der Waals surface area contributed by atoms with Gasteiger partial charge in [0.1, 0.15) is 17.7 Å². The SMILES string of the molecule is C=C1C[C@@H](c2nc3cccc(C)c3[nH]2)N(c2cc(C)n[c]c2-n2nccn2)C1. The van der Waals surface area contributed by atoms with Crippen LogP contribution in [-0.4, -0.2) is 36.5 Å². The molecule has 139 valence electrons. The fourth-order valence-corrected chi connectivity index (χ4v) is 3.84. The van der Waals surface area contributed by atoms with Crippen LogP contribution in [0.4, 0.5) is 5.69 Å². The van der Waals surface area contributed by atoms with E-state index in [-0.39, 0.29) is 6.04 Å². The van der Waals surface area contributed by atoms with Gasteiger partial charge in [-0.15, -0.1) is 4.80 Å². The lowest BCUT2D eigenvalue weighted by Crippen LogP contribution is -2.25. The van der Waals surface area contributed by atoms with Gasteiger partial charge in [-0.3, -0.25) is 0 Å². The molecule has 1 atom stereocenters. The number of anilines is 1. The molecule has 7 heteroatoms. The molecule has 0 unspecified atom stereocenters. The number of benzene rings is 1. The van der Waals surface area contributed by atoms with E-state index in [2.05, 4.69) is 56.9 Å². The Morgan fingerprint density at radius 2 is 2.04 bits per heavy atom. The van der Waals surface area contributed by atoms with Crippen LogP contribution in [0.5, 0.6) is 0 Å². The van der Waals surface area contributed by atoms with Gasteiger partial charge in [0.05, 0.1) is 35.2 Å². The van der Waals surface area contributed by atoms with Gasteiger partial charge in [-0.2, -0.15) is 10.2 Å². The second-order valence-electron chi connectivity index (χ2n) is 7.25. The number of H-pyrrole nitrogens is 1. The average Bonchev–Trinajstić information content (AvgIpc) is 3.41. The number of imidazole rings is 1. The Morgan fingerprint density at radius 1 is 1.21 bits per heavy atom. The van der Waals surface area contributed by atoms with Gasteiger partial charge in [0.15, 0.2) is 0 Å². The van der Waals surface area contributed by atoms with Gasteiger partial charge in [-0.05, 0) is 38.0 Å². The molecule has 0 bridgehead atoms. The fraction of sp³-hybridized carbons (Fsp3) is 0.238. The third-order valence-corrected chi connectivity index (χ3v) is 5.17. The summed E-state index contributed by atoms with van der Waals surface area (Å²) in [6.07, 6.45) is 7.24. The highest BCUT2D eigenvalue weighted by atomic mass is 15.5. The summed E-state index contributed by atoms with van der Waals surface area (Å²) in [5.41, 5.74) is 7.01. The maximum Gasteiger partial charge on any atom is 0.137 e. The molecular weight excluding hydrogens is 350 g/mol. The summed E-state index contributed by atoms with van der Waals surface area (Å²) in [5.74, 6) is 0.941. The van der Waals surface area contributed by atoms with E-state index in [0.717, 1.165) is 52.5 Å². The number of nitrogens with one attached hydrogen (secondary N) is 1. The van der Waals surface area contributed by atoms with Crippen LogP contribution >= 0.6 is 0 Å². The first-order chi connectivity index (χ1) is 13.6. The number of hydrogen-bond donors (Lipinski definition) is 1. The van der Waals surface area contributed by atoms with Crippen molar-refractivity contribution in [1.82, 2.24) is 29.9 Å². The normalized spacial score (nSPS) is 17.0. The van der Waals surface area contributed by atoms with Gasteiger partial charge in [-0.1, -0.05) is 24.3 Å². The van der Waals surface area contributed by atoms with Crippen LogP contribution in [0.15, 0.2) is 48.8 Å². The lowest BCUT2D eigenvalue weighted by molar-refractivity contribution is 0.676. The van der Waals surface area contributed by atoms with Crippen LogP contribution in [0.2, 0.25) is 0 Å². The van der Waals surface area contributed by atoms with Crippen molar-refractivity contribution < 1.29 is 0 Å². The minimum atomic E-state index is 0.0591. The van der Waals surface area contributed by atoms with Crippen molar-refractivity contribution >= 4 is 16.7 Å². The van der Waals surface area contributed by atoms with E-state index >= 15 is 0 Å². The van der Waals surface area contributed by atoms with Gasteiger partial charge in [-0.25, -0.2) is 9.97 Å². The molecule has 1 saturated heterocycles. The van der Waals surface area contributed by atoms with Crippen molar-refractivity contribution in [3.8, 4) is 5.69 Å². The molecule has 3 aromatic heterocycles. The maximum absolute atomic E-state index is 4.88. The molecule has 1 N–H and O–H groups in total. The molecule has 0 aliphatic carbocycles. The Labute approximate surface area is 162 Å². The summed E-state index contributed by atoms with van der Waals surface area (Å²) in [6.45, 7) is 9.05. The van der Waals surface area contributed by atoms with E-state index in [1.54, 1.807) is 17.2 Å². The summed E-state index contributed by atoms with van der Waals surface area (Å²) in [5, 5.41) is 8.55. The van der Waals surface area contributed by atoms with Crippen molar-refractivity contribution in [2.75, 3.05) is 11.4 Å². The van der Waals surface area contributed by atoms with Crippen molar-refractivity contribution in [3.63, 3.8) is 0 Å². The highest BCUT2D eigenvalue weighted by Gasteiger charge is 2.33. The number of rotatable bonds is 3. The predicted octanol–water partition coefficient (Wildman–Crippen LogP) is 3.46. The molecule has 1 aliphatic heterocycles. The number of aryl methyl sites for hydroxylation is 2. The second kappa shape index (κ2) is 6.30. The van der Waals surface area contributed by atoms with Crippen LogP contribution in [0.1, 0.15) is 29.5 Å². The van der Waals surface area contributed by atoms with Crippen LogP contribution in [0.3, 0.4) is 0 Å². The Kier molecular flexibility index (Phi) is 3.75. The van der Waals surface area contributed by atoms with Gasteiger partial charge < -0.3 is 9.88 Å². The van der Waals surface area contributed by atoms with Gasteiger partial charge in [0.25, 0.3) is 0 Å². The molecule has 1 aromatic carbocycles. The summed E-state index contributed by atoms with van der Waals surface area (Å²) >= 11 is 0. The standard InChI is InChI=1S/C21H20N7/c1-13-9-18(21-25-16-6-4-5-14(2)20(16)26-21)27(12-13)17-10-15(3)22-11-19(17)28-23-7-8-24-28/h4-8,10,18H,1,9,12H2,2-3H3,(H,25,26)/t18-/m0/s1. The average molecular weight is 370 g/mol. The Balaban J connectivity index is 1.64. The Hall–Kier alpha value is -3.48. The number of hydrogen-bond acceptors (Lipinski definition) is 5. The minimum absolute atomic E-state index is 0.0591. The lowest BCUT2D eigenvalue weighted by atomic mass is 10.1. The molecule has 1 fully saturated rings. The first-order valence-electron chi connectivity index (χ1n) is 9.24. The van der Waals surface area contributed by atoms with Crippen molar-refractivity contribution in [2.45, 2.75) is 26.3 Å². The molecule has 0 amide bonds. The van der Waals surface area contributed by atoms with E-state index in [0.29, 0.717) is 0 Å². The monoisotopic (exact) mass is 370 g/mol. The smallest absolute Gasteiger partial charge is 0.137 e. The lowest BCUT2D eigenvalue weighted by Gasteiger charge is -2.26. The molecule has 0 saturated carbocycles. The predicted molar refractivity (Wildman–Crippen MR) is 107 cm³/mol. The van der Waals surface area contributed by atoms with E-state index < -0.39 is 0 Å². The summed E-state index contributed by atoms with van der Waals surface area (Å²) in [7, 11) is 0. The molecule has 28 heavy (non-hydrogen) atoms. The van der Waals surface area contributed by atoms with Crippen LogP contribution in [0.25, 0.3) is 16.7 Å². The molecular formula is C21H20N7. The first kappa shape index (κ1) is 16.7. The number of fused-ring (bicyclic) bond motifs is 1. The molecule has 0 spiro atoms. The Bertz CT molecular complexity index is 1170. The molecule has 7 nitrogen and oxygen atoms in total. The third-order valence-electron chi connectivity index (χ3n) is 5.17. The van der Waals surface area contributed by atoms with E-state index in [4.69, 9.17) is 4.98 Å². The van der Waals surface area contributed by atoms with E-state index in [9.17, 15) is 0 Å². The van der Waals surface area contributed by atoms with E-state index in [1.165, 1.54) is 5.56 Å². The number of pyridine rings is 1. The molecule has 4 heterocycles. The highest BCUT2D eigenvalue weighted by Crippen LogP contribution is 2.40. The summed E-state index contributed by atoms with van der Waals surface area (Å²) in [4.78, 5) is 16.6. The minimum Gasteiger partial charge on any atom is -0.355 e. The summed E-state index contributed by atoms with van der Waals surface area (Å²) < 4.78 is 0. The quantitative estimate of drug-likeness (QED) is 0.559. The van der Waals surface area contributed by atoms with Gasteiger partial charge in [0, 0.05) is 12.2 Å². The zero-order valence-corrected chi connectivity index (χ0v) is 15.8. The van der Waals surface area contributed by atoms with Crippen molar-refractivity contribution in [1.29, 1.82) is 0 Å². The molecule has 1 radical (unpaired) electrons. The second-order valence-corrected chi connectivity index (χ2v) is 7.25. The first-order valence-corrected chi connectivity index (χ1v) is 9.24.